The number of benzene rings is 1. The summed E-state index contributed by atoms with van der Waals surface area (Å²) in [6, 6.07) is 9.32. The zero-order valence-electron chi connectivity index (χ0n) is 14.5. The van der Waals surface area contributed by atoms with E-state index in [1.54, 1.807) is 30.6 Å². The smallest absolute Gasteiger partial charge is 0.251 e. The standard InChI is InChI=1S/C20H18F2N4O/c21-16-3-1-2-15(19(16)22)12-26-9-6-14(11-26)17-10-18(27)25-20(24-17)13-4-7-23-8-5-13/h1-5,7-8,10,14H,6,9,11-12H2,(H,24,25,27)/t14-/m0/s1. The van der Waals surface area contributed by atoms with Crippen molar-refractivity contribution in [3.05, 3.63) is 82.0 Å². The molecule has 138 valence electrons. The molecule has 3 aromatic rings. The van der Waals surface area contributed by atoms with Gasteiger partial charge in [-0.15, -0.1) is 0 Å². The zero-order valence-corrected chi connectivity index (χ0v) is 14.5. The van der Waals surface area contributed by atoms with E-state index in [0.29, 0.717) is 30.2 Å². The molecule has 27 heavy (non-hydrogen) atoms. The van der Waals surface area contributed by atoms with Gasteiger partial charge < -0.3 is 4.98 Å². The van der Waals surface area contributed by atoms with Gasteiger partial charge in [0.2, 0.25) is 0 Å². The molecule has 1 saturated heterocycles. The molecule has 1 N–H and O–H groups in total. The number of hydrogen-bond donors (Lipinski definition) is 1. The Morgan fingerprint density at radius 1 is 1.19 bits per heavy atom. The Morgan fingerprint density at radius 3 is 2.81 bits per heavy atom. The van der Waals surface area contributed by atoms with Crippen molar-refractivity contribution < 1.29 is 8.78 Å². The minimum atomic E-state index is -0.832. The lowest BCUT2D eigenvalue weighted by Gasteiger charge is -2.16. The molecule has 2 aromatic heterocycles. The summed E-state index contributed by atoms with van der Waals surface area (Å²) < 4.78 is 27.3. The van der Waals surface area contributed by atoms with Gasteiger partial charge in [-0.2, -0.15) is 0 Å². The minimum absolute atomic E-state index is 0.0736. The fourth-order valence-electron chi connectivity index (χ4n) is 3.46. The number of halogens is 2. The van der Waals surface area contributed by atoms with Crippen LogP contribution in [0, 0.1) is 11.6 Å². The van der Waals surface area contributed by atoms with Crippen LogP contribution in [0.2, 0.25) is 0 Å². The van der Waals surface area contributed by atoms with Gasteiger partial charge in [0.05, 0.1) is 5.69 Å². The monoisotopic (exact) mass is 368 g/mol. The van der Waals surface area contributed by atoms with E-state index in [2.05, 4.69) is 19.9 Å². The molecule has 5 nitrogen and oxygen atoms in total. The molecule has 7 heteroatoms. The van der Waals surface area contributed by atoms with Gasteiger partial charge in [-0.25, -0.2) is 13.8 Å². The molecule has 1 atom stereocenters. The maximum absolute atomic E-state index is 13.9. The zero-order chi connectivity index (χ0) is 18.8. The van der Waals surface area contributed by atoms with E-state index in [-0.39, 0.29) is 11.5 Å². The van der Waals surface area contributed by atoms with Crippen molar-refractivity contribution in [2.75, 3.05) is 13.1 Å². The summed E-state index contributed by atoms with van der Waals surface area (Å²) >= 11 is 0. The van der Waals surface area contributed by atoms with Gasteiger partial charge in [-0.05, 0) is 31.2 Å². The first-order valence-corrected chi connectivity index (χ1v) is 8.77. The number of pyridine rings is 1. The molecule has 0 radical (unpaired) electrons. The van der Waals surface area contributed by atoms with Crippen molar-refractivity contribution in [3.63, 3.8) is 0 Å². The Labute approximate surface area is 154 Å². The summed E-state index contributed by atoms with van der Waals surface area (Å²) in [6.07, 6.45) is 4.10. The summed E-state index contributed by atoms with van der Waals surface area (Å²) in [5.74, 6) is -1.05. The van der Waals surface area contributed by atoms with E-state index >= 15 is 0 Å². The van der Waals surface area contributed by atoms with Crippen molar-refractivity contribution in [1.29, 1.82) is 0 Å². The van der Waals surface area contributed by atoms with E-state index in [9.17, 15) is 13.6 Å². The van der Waals surface area contributed by atoms with Gasteiger partial charge in [0.15, 0.2) is 11.6 Å². The van der Waals surface area contributed by atoms with Crippen LogP contribution in [-0.4, -0.2) is 32.9 Å². The number of nitrogens with one attached hydrogen (secondary N) is 1. The van der Waals surface area contributed by atoms with Gasteiger partial charge in [-0.1, -0.05) is 12.1 Å². The first-order chi connectivity index (χ1) is 13.1. The first-order valence-electron chi connectivity index (χ1n) is 8.77. The molecular formula is C20H18F2N4O. The highest BCUT2D eigenvalue weighted by molar-refractivity contribution is 5.53. The fraction of sp³-hybridized carbons (Fsp3) is 0.250. The number of nitrogens with zero attached hydrogens (tertiary/aromatic N) is 3. The molecule has 0 bridgehead atoms. The van der Waals surface area contributed by atoms with Crippen LogP contribution in [0.5, 0.6) is 0 Å². The van der Waals surface area contributed by atoms with Crippen LogP contribution in [-0.2, 0) is 6.54 Å². The molecule has 3 heterocycles. The van der Waals surface area contributed by atoms with Gasteiger partial charge >= 0.3 is 0 Å². The average Bonchev–Trinajstić information content (AvgIpc) is 3.14. The highest BCUT2D eigenvalue weighted by atomic mass is 19.2. The number of hydrogen-bond acceptors (Lipinski definition) is 4. The van der Waals surface area contributed by atoms with Crippen LogP contribution in [0.3, 0.4) is 0 Å². The van der Waals surface area contributed by atoms with Crippen LogP contribution < -0.4 is 5.56 Å². The predicted octanol–water partition coefficient (Wildman–Crippen LogP) is 3.10. The normalized spacial score (nSPS) is 17.3. The highest BCUT2D eigenvalue weighted by Crippen LogP contribution is 2.28. The van der Waals surface area contributed by atoms with Crippen LogP contribution in [0.15, 0.2) is 53.6 Å². The fourth-order valence-corrected chi connectivity index (χ4v) is 3.46. The molecule has 0 aliphatic carbocycles. The lowest BCUT2D eigenvalue weighted by Crippen LogP contribution is -2.21. The molecule has 0 saturated carbocycles. The number of rotatable bonds is 4. The van der Waals surface area contributed by atoms with Crippen molar-refractivity contribution in [1.82, 2.24) is 19.9 Å². The molecule has 0 spiro atoms. The molecule has 1 aliphatic rings. The topological polar surface area (TPSA) is 61.9 Å². The molecular weight excluding hydrogens is 350 g/mol. The van der Waals surface area contributed by atoms with Crippen molar-refractivity contribution in [2.24, 2.45) is 0 Å². The summed E-state index contributed by atoms with van der Waals surface area (Å²) in [7, 11) is 0. The lowest BCUT2D eigenvalue weighted by molar-refractivity contribution is 0.318. The predicted molar refractivity (Wildman–Crippen MR) is 97.1 cm³/mol. The highest BCUT2D eigenvalue weighted by Gasteiger charge is 2.26. The molecule has 4 rings (SSSR count). The Bertz CT molecular complexity index is 1010. The van der Waals surface area contributed by atoms with Gasteiger partial charge in [0.25, 0.3) is 5.56 Å². The van der Waals surface area contributed by atoms with Gasteiger partial charge in [0, 0.05) is 48.6 Å². The Hall–Kier alpha value is -2.93. The van der Waals surface area contributed by atoms with Crippen molar-refractivity contribution >= 4 is 0 Å². The SMILES string of the molecule is O=c1cc([C@H]2CCN(Cc3cccc(F)c3F)C2)nc(-c2ccncc2)[nH]1. The summed E-state index contributed by atoms with van der Waals surface area (Å²) in [5.41, 5.74) is 1.64. The second-order valence-corrected chi connectivity index (χ2v) is 6.69. The Kier molecular flexibility index (Phi) is 4.77. The lowest BCUT2D eigenvalue weighted by atomic mass is 10.0. The van der Waals surface area contributed by atoms with Crippen molar-refractivity contribution in [3.8, 4) is 11.4 Å². The molecule has 1 aromatic carbocycles. The third kappa shape index (κ3) is 3.78. The summed E-state index contributed by atoms with van der Waals surface area (Å²) in [6.45, 7) is 1.71. The third-order valence-electron chi connectivity index (χ3n) is 4.83. The number of likely N-dealkylation sites (tertiary alicyclic amines) is 1. The largest absolute Gasteiger partial charge is 0.307 e. The molecule has 0 amide bonds. The van der Waals surface area contributed by atoms with E-state index in [4.69, 9.17) is 0 Å². The third-order valence-corrected chi connectivity index (χ3v) is 4.83. The Morgan fingerprint density at radius 2 is 2.00 bits per heavy atom. The van der Waals surface area contributed by atoms with Gasteiger partial charge in [-0.3, -0.25) is 14.7 Å². The second-order valence-electron chi connectivity index (χ2n) is 6.69. The molecule has 1 fully saturated rings. The maximum atomic E-state index is 13.9. The average molecular weight is 368 g/mol. The van der Waals surface area contributed by atoms with E-state index in [0.717, 1.165) is 24.6 Å². The quantitative estimate of drug-likeness (QED) is 0.769. The van der Waals surface area contributed by atoms with E-state index < -0.39 is 11.6 Å². The number of H-pyrrole nitrogens is 1. The molecule has 0 unspecified atom stereocenters. The second kappa shape index (κ2) is 7.36. The maximum Gasteiger partial charge on any atom is 0.251 e. The summed E-state index contributed by atoms with van der Waals surface area (Å²) in [5, 5.41) is 0. The molecule has 1 aliphatic heterocycles. The number of aromatic amines is 1. The summed E-state index contributed by atoms with van der Waals surface area (Å²) in [4.78, 5) is 25.5. The van der Waals surface area contributed by atoms with E-state index in [1.165, 1.54) is 12.1 Å². The van der Waals surface area contributed by atoms with Crippen LogP contribution in [0.1, 0.15) is 23.6 Å². The van der Waals surface area contributed by atoms with E-state index in [1.807, 2.05) is 0 Å². The van der Waals surface area contributed by atoms with Crippen LogP contribution >= 0.6 is 0 Å². The van der Waals surface area contributed by atoms with Crippen LogP contribution in [0.25, 0.3) is 11.4 Å². The van der Waals surface area contributed by atoms with Crippen LogP contribution in [0.4, 0.5) is 8.78 Å². The van der Waals surface area contributed by atoms with Crippen molar-refractivity contribution in [2.45, 2.75) is 18.9 Å². The number of aromatic nitrogens is 3. The Balaban J connectivity index is 1.53. The first kappa shape index (κ1) is 17.5. The van der Waals surface area contributed by atoms with Gasteiger partial charge in [0.1, 0.15) is 5.82 Å². The minimum Gasteiger partial charge on any atom is -0.307 e.